The zero-order chi connectivity index (χ0) is 26.5. The van der Waals surface area contributed by atoms with Gasteiger partial charge < -0.3 is 18.6 Å². The average molecular weight is 513 g/mol. The topological polar surface area (TPSA) is 109 Å². The highest BCUT2D eigenvalue weighted by molar-refractivity contribution is 5.96. The number of fused-ring (bicyclic) bond motifs is 3. The number of Topliss-reactive ketones (excluding diaryl/α,β-unsaturated/α-hetero) is 1. The van der Waals surface area contributed by atoms with Crippen molar-refractivity contribution < 1.29 is 42.2 Å². The summed E-state index contributed by atoms with van der Waals surface area (Å²) >= 11 is 0. The summed E-state index contributed by atoms with van der Waals surface area (Å²) in [6.45, 7) is 3.78. The smallest absolute Gasteiger partial charge is 0.338 e. The van der Waals surface area contributed by atoms with Gasteiger partial charge in [0.25, 0.3) is 0 Å². The fourth-order valence-corrected chi connectivity index (χ4v) is 7.05. The molecule has 0 unspecified atom stereocenters. The minimum Gasteiger partial charge on any atom is -0.472 e. The van der Waals surface area contributed by atoms with Crippen molar-refractivity contribution in [3.63, 3.8) is 0 Å². The summed E-state index contributed by atoms with van der Waals surface area (Å²) < 4.78 is 35.1. The molecule has 1 saturated heterocycles. The summed E-state index contributed by atoms with van der Waals surface area (Å²) in [5.41, 5.74) is -0.903. The number of carbonyl (C=O) groups is 4. The molecule has 2 aromatic rings. The molecule has 8 nitrogen and oxygen atoms in total. The Morgan fingerprint density at radius 1 is 1.08 bits per heavy atom. The molecule has 0 bridgehead atoms. The first-order valence-electron chi connectivity index (χ1n) is 12.4. The molecule has 0 spiro atoms. The monoisotopic (exact) mass is 512 g/mol. The highest BCUT2D eigenvalue weighted by Gasteiger charge is 2.67. The second-order valence-corrected chi connectivity index (χ2v) is 10.8. The van der Waals surface area contributed by atoms with E-state index in [2.05, 4.69) is 0 Å². The maximum atomic E-state index is 14.1. The Labute approximate surface area is 213 Å². The largest absolute Gasteiger partial charge is 0.472 e. The van der Waals surface area contributed by atoms with E-state index in [0.717, 1.165) is 12.1 Å². The van der Waals surface area contributed by atoms with Gasteiger partial charge in [-0.1, -0.05) is 13.8 Å². The predicted molar refractivity (Wildman–Crippen MR) is 125 cm³/mol. The molecule has 9 heteroatoms. The van der Waals surface area contributed by atoms with E-state index in [4.69, 9.17) is 18.6 Å². The standard InChI is InChI=1S/C28H29FO8/c1-27-10-8-18-26(33)37-21(16-9-11-35-14-16)13-28(18,2)23(27)22(30)20(12-19(27)25(32)34-3)36-24(31)15-4-6-17(29)7-5-15/h4-7,9,11,14,18-21,23H,8,10,12-13H2,1-3H3/t18-,19-,20-,21-,23-,27-,28-/m0/s1. The van der Waals surface area contributed by atoms with Crippen LogP contribution in [-0.2, 0) is 28.6 Å². The molecule has 0 radical (unpaired) electrons. The van der Waals surface area contributed by atoms with Gasteiger partial charge in [0, 0.05) is 17.9 Å². The van der Waals surface area contributed by atoms with Gasteiger partial charge in [-0.2, -0.15) is 0 Å². The number of hydrogen-bond acceptors (Lipinski definition) is 8. The van der Waals surface area contributed by atoms with E-state index in [-0.39, 0.29) is 17.8 Å². The van der Waals surface area contributed by atoms with Crippen LogP contribution in [0.4, 0.5) is 4.39 Å². The molecule has 1 aromatic carbocycles. The third-order valence-electron chi connectivity index (χ3n) is 8.83. The van der Waals surface area contributed by atoms with Crippen LogP contribution in [0, 0.1) is 34.4 Å². The maximum absolute atomic E-state index is 14.1. The number of ether oxygens (including phenoxy) is 3. The number of furan rings is 1. The molecule has 0 N–H and O–H groups in total. The lowest BCUT2D eigenvalue weighted by molar-refractivity contribution is -0.208. The lowest BCUT2D eigenvalue weighted by Gasteiger charge is -2.61. The number of carbonyl (C=O) groups excluding carboxylic acids is 4. The van der Waals surface area contributed by atoms with Crippen molar-refractivity contribution in [1.82, 2.24) is 0 Å². The van der Waals surface area contributed by atoms with Crippen molar-refractivity contribution >= 4 is 23.7 Å². The third kappa shape index (κ3) is 4.04. The summed E-state index contributed by atoms with van der Waals surface area (Å²) in [7, 11) is 1.29. The van der Waals surface area contributed by atoms with Crippen molar-refractivity contribution in [2.45, 2.75) is 51.7 Å². The normalized spacial score (nSPS) is 35.1. The molecule has 2 saturated carbocycles. The van der Waals surface area contributed by atoms with Gasteiger partial charge in [-0.25, -0.2) is 9.18 Å². The lowest BCUT2D eigenvalue weighted by Crippen LogP contribution is -2.64. The molecule has 196 valence electrons. The summed E-state index contributed by atoms with van der Waals surface area (Å²) in [6.07, 6.45) is 2.39. The van der Waals surface area contributed by atoms with E-state index in [1.165, 1.54) is 31.8 Å². The molecule has 1 aliphatic heterocycles. The Balaban J connectivity index is 1.53. The number of ketones is 1. The third-order valence-corrected chi connectivity index (χ3v) is 8.83. The van der Waals surface area contributed by atoms with Crippen LogP contribution < -0.4 is 0 Å². The van der Waals surface area contributed by atoms with Gasteiger partial charge in [0.2, 0.25) is 0 Å². The SMILES string of the molecule is COC(=O)[C@@H]1C[C@H](OC(=O)c2ccc(F)cc2)C(=O)[C@H]2[C@@]1(C)CC[C@H]1C(=O)O[C@H](c3ccoc3)C[C@]21C. The molecule has 37 heavy (non-hydrogen) atoms. The van der Waals surface area contributed by atoms with Crippen LogP contribution in [0.2, 0.25) is 0 Å². The number of benzene rings is 1. The number of hydrogen-bond donors (Lipinski definition) is 0. The Morgan fingerprint density at radius 3 is 2.46 bits per heavy atom. The summed E-state index contributed by atoms with van der Waals surface area (Å²) in [5, 5.41) is 0. The van der Waals surface area contributed by atoms with Gasteiger partial charge in [0.1, 0.15) is 11.9 Å². The first-order valence-corrected chi connectivity index (χ1v) is 12.4. The van der Waals surface area contributed by atoms with Crippen molar-refractivity contribution in [2.24, 2.45) is 28.6 Å². The highest BCUT2D eigenvalue weighted by atomic mass is 19.1. The molecule has 7 atom stereocenters. The molecule has 5 rings (SSSR count). The van der Waals surface area contributed by atoms with E-state index in [1.807, 2.05) is 13.8 Å². The van der Waals surface area contributed by atoms with Crippen LogP contribution >= 0.6 is 0 Å². The van der Waals surface area contributed by atoms with Gasteiger partial charge >= 0.3 is 17.9 Å². The number of halogens is 1. The van der Waals surface area contributed by atoms with Gasteiger partial charge in [-0.15, -0.1) is 0 Å². The molecule has 3 fully saturated rings. The van der Waals surface area contributed by atoms with Crippen molar-refractivity contribution in [2.75, 3.05) is 7.11 Å². The van der Waals surface area contributed by atoms with E-state index < -0.39 is 64.5 Å². The molecule has 1 aromatic heterocycles. The van der Waals surface area contributed by atoms with Crippen molar-refractivity contribution in [3.8, 4) is 0 Å². The van der Waals surface area contributed by atoms with Crippen molar-refractivity contribution in [1.29, 1.82) is 0 Å². The molecule has 2 heterocycles. The molecule has 0 amide bonds. The average Bonchev–Trinajstić information content (AvgIpc) is 3.40. The van der Waals surface area contributed by atoms with Crippen LogP contribution in [0.3, 0.4) is 0 Å². The first kappa shape index (κ1) is 25.2. The Kier molecular flexibility index (Phi) is 6.20. The molecule has 2 aliphatic carbocycles. The second-order valence-electron chi connectivity index (χ2n) is 10.8. The Bertz CT molecular complexity index is 1220. The number of esters is 3. The first-order chi connectivity index (χ1) is 17.6. The van der Waals surface area contributed by atoms with Gasteiger partial charge in [-0.05, 0) is 60.4 Å². The zero-order valence-corrected chi connectivity index (χ0v) is 20.9. The quantitative estimate of drug-likeness (QED) is 0.437. The second kappa shape index (κ2) is 9.11. The summed E-state index contributed by atoms with van der Waals surface area (Å²) in [6, 6.07) is 6.53. The van der Waals surface area contributed by atoms with Gasteiger partial charge in [0.15, 0.2) is 11.9 Å². The highest BCUT2D eigenvalue weighted by Crippen LogP contribution is 2.65. The fourth-order valence-electron chi connectivity index (χ4n) is 7.05. The molecular weight excluding hydrogens is 483 g/mol. The van der Waals surface area contributed by atoms with E-state index in [9.17, 15) is 23.6 Å². The van der Waals surface area contributed by atoms with Crippen LogP contribution in [-0.4, -0.2) is 36.9 Å². The number of methoxy groups -OCH3 is 1. The van der Waals surface area contributed by atoms with E-state index in [1.54, 1.807) is 6.07 Å². The van der Waals surface area contributed by atoms with Gasteiger partial charge in [-0.3, -0.25) is 14.4 Å². The Morgan fingerprint density at radius 2 is 1.81 bits per heavy atom. The molecular formula is C28H29FO8. The maximum Gasteiger partial charge on any atom is 0.338 e. The van der Waals surface area contributed by atoms with Crippen LogP contribution in [0.1, 0.15) is 61.6 Å². The van der Waals surface area contributed by atoms with Gasteiger partial charge in [0.05, 0.1) is 37.0 Å². The summed E-state index contributed by atoms with van der Waals surface area (Å²) in [4.78, 5) is 53.3. The van der Waals surface area contributed by atoms with Crippen molar-refractivity contribution in [3.05, 3.63) is 59.8 Å². The number of cyclic esters (lactones) is 1. The fraction of sp³-hybridized carbons (Fsp3) is 0.500. The van der Waals surface area contributed by atoms with E-state index in [0.29, 0.717) is 24.8 Å². The predicted octanol–water partition coefficient (Wildman–Crippen LogP) is 4.43. The number of rotatable bonds is 4. The molecule has 3 aliphatic rings. The lowest BCUT2D eigenvalue weighted by atomic mass is 9.43. The van der Waals surface area contributed by atoms with Crippen LogP contribution in [0.15, 0.2) is 47.3 Å². The summed E-state index contributed by atoms with van der Waals surface area (Å²) in [5.74, 6) is -4.57. The minimum atomic E-state index is -1.22. The minimum absolute atomic E-state index is 0.0260. The van der Waals surface area contributed by atoms with E-state index >= 15 is 0 Å². The zero-order valence-electron chi connectivity index (χ0n) is 20.9. The van der Waals surface area contributed by atoms with Crippen LogP contribution in [0.5, 0.6) is 0 Å². The van der Waals surface area contributed by atoms with Crippen LogP contribution in [0.25, 0.3) is 0 Å². The Hall–Kier alpha value is -3.49.